The zero-order chi connectivity index (χ0) is 18.7. The molecular formula is C21H19N5O2. The Morgan fingerprint density at radius 2 is 2.21 bits per heavy atom. The highest BCUT2D eigenvalue weighted by Crippen LogP contribution is 2.60. The molecule has 1 aromatic carbocycles. The van der Waals surface area contributed by atoms with Crippen LogP contribution in [0.3, 0.4) is 0 Å². The molecular weight excluding hydrogens is 354 g/mol. The first kappa shape index (κ1) is 15.8. The van der Waals surface area contributed by atoms with Crippen LogP contribution in [0.1, 0.15) is 24.8 Å². The first-order valence-electron chi connectivity index (χ1n) is 9.67. The van der Waals surface area contributed by atoms with Gasteiger partial charge in [-0.25, -0.2) is 0 Å². The molecule has 3 aliphatic rings. The van der Waals surface area contributed by atoms with Gasteiger partial charge >= 0.3 is 0 Å². The Morgan fingerprint density at radius 1 is 1.25 bits per heavy atom. The number of pyridine rings is 1. The van der Waals surface area contributed by atoms with E-state index in [9.17, 15) is 4.79 Å². The van der Waals surface area contributed by atoms with Crippen molar-refractivity contribution in [1.29, 1.82) is 0 Å². The molecule has 0 radical (unpaired) electrons. The summed E-state index contributed by atoms with van der Waals surface area (Å²) in [5, 5.41) is 15.4. The lowest BCUT2D eigenvalue weighted by atomic mass is 9.72. The average Bonchev–Trinajstić information content (AvgIpc) is 3.48. The number of benzene rings is 1. The Labute approximate surface area is 161 Å². The molecule has 0 spiro atoms. The number of amides is 1. The second-order valence-electron chi connectivity index (χ2n) is 7.98. The van der Waals surface area contributed by atoms with Gasteiger partial charge in [-0.15, -0.1) is 0 Å². The van der Waals surface area contributed by atoms with Crippen LogP contribution in [0.2, 0.25) is 0 Å². The summed E-state index contributed by atoms with van der Waals surface area (Å²) in [6.07, 6.45) is 8.43. The summed E-state index contributed by atoms with van der Waals surface area (Å²) in [7, 11) is 0. The Bertz CT molecular complexity index is 1110. The fourth-order valence-electron chi connectivity index (χ4n) is 5.42. The predicted molar refractivity (Wildman–Crippen MR) is 104 cm³/mol. The van der Waals surface area contributed by atoms with Gasteiger partial charge in [-0.1, -0.05) is 5.16 Å². The van der Waals surface area contributed by atoms with E-state index in [0.29, 0.717) is 5.92 Å². The van der Waals surface area contributed by atoms with Crippen molar-refractivity contribution < 1.29 is 9.63 Å². The summed E-state index contributed by atoms with van der Waals surface area (Å²) in [6.45, 7) is 0. The largest absolute Gasteiger partial charge is 0.378 e. The maximum atomic E-state index is 13.5. The van der Waals surface area contributed by atoms with E-state index in [0.717, 1.165) is 47.1 Å². The summed E-state index contributed by atoms with van der Waals surface area (Å²) >= 11 is 0. The third-order valence-electron chi connectivity index (χ3n) is 6.61. The van der Waals surface area contributed by atoms with Crippen LogP contribution in [0.25, 0.3) is 10.9 Å². The molecule has 3 aromatic rings. The van der Waals surface area contributed by atoms with Gasteiger partial charge in [0.2, 0.25) is 5.60 Å². The Kier molecular flexibility index (Phi) is 3.18. The zero-order valence-electron chi connectivity index (χ0n) is 15.1. The Hall–Kier alpha value is -3.22. The zero-order valence-corrected chi connectivity index (χ0v) is 15.1. The smallest absolute Gasteiger partial charge is 0.272 e. The van der Waals surface area contributed by atoms with Crippen LogP contribution >= 0.6 is 0 Å². The highest BCUT2D eigenvalue weighted by Gasteiger charge is 2.69. The van der Waals surface area contributed by atoms with Crippen molar-refractivity contribution in [3.63, 3.8) is 0 Å². The van der Waals surface area contributed by atoms with Crippen LogP contribution < -0.4 is 5.32 Å². The molecule has 2 aliphatic carbocycles. The van der Waals surface area contributed by atoms with Crippen LogP contribution in [0.4, 0.5) is 5.69 Å². The van der Waals surface area contributed by atoms with Gasteiger partial charge in [-0.05, 0) is 55.5 Å². The molecule has 6 rings (SSSR count). The number of aromatic nitrogens is 3. The second kappa shape index (κ2) is 5.64. The number of fused-ring (bicyclic) bond motifs is 6. The normalized spacial score (nSPS) is 30.1. The van der Waals surface area contributed by atoms with E-state index < -0.39 is 5.60 Å². The van der Waals surface area contributed by atoms with Crippen LogP contribution in [0.15, 0.2) is 54.1 Å². The average molecular weight is 373 g/mol. The minimum Gasteiger partial charge on any atom is -0.378 e. The molecule has 2 bridgehead atoms. The van der Waals surface area contributed by atoms with Gasteiger partial charge in [0.05, 0.1) is 23.3 Å². The van der Waals surface area contributed by atoms with Crippen molar-refractivity contribution in [3.05, 3.63) is 54.5 Å². The van der Waals surface area contributed by atoms with E-state index in [4.69, 9.17) is 4.84 Å². The van der Waals surface area contributed by atoms with Crippen molar-refractivity contribution in [3.8, 4) is 0 Å². The predicted octanol–water partition coefficient (Wildman–Crippen LogP) is 3.12. The molecule has 140 valence electrons. The highest BCUT2D eigenvalue weighted by molar-refractivity contribution is 6.10. The Balaban J connectivity index is 1.35. The van der Waals surface area contributed by atoms with E-state index in [1.54, 1.807) is 18.6 Å². The molecule has 2 N–H and O–H groups in total. The summed E-state index contributed by atoms with van der Waals surface area (Å²) in [5.74, 6) is 0.495. The van der Waals surface area contributed by atoms with Gasteiger partial charge in [0.15, 0.2) is 0 Å². The van der Waals surface area contributed by atoms with E-state index in [2.05, 4.69) is 25.7 Å². The van der Waals surface area contributed by atoms with Gasteiger partial charge in [0, 0.05) is 34.9 Å². The number of nitrogens with zero attached hydrogens (tertiary/aromatic N) is 3. The Morgan fingerprint density at radius 3 is 3.11 bits per heavy atom. The number of hydrogen-bond donors (Lipinski definition) is 2. The SMILES string of the molecule is O=C(Nc1ccc2[nH]ncc2c1)C12ON=C(c3cccnc3)C1C1CCC2C1. The number of nitrogens with one attached hydrogen (secondary N) is 2. The third-order valence-corrected chi connectivity index (χ3v) is 6.61. The topological polar surface area (TPSA) is 92.3 Å². The standard InChI is InChI=1S/C21H19N5O2/c27-20(24-16-5-6-17-14(9-16)11-23-25-17)21-15-4-3-12(8-15)18(21)19(26-28-21)13-2-1-7-22-10-13/h1-2,5-7,9-12,15,18H,3-4,8H2,(H,23,25)(H,24,27). The van der Waals surface area contributed by atoms with E-state index in [1.165, 1.54) is 0 Å². The van der Waals surface area contributed by atoms with Crippen molar-refractivity contribution in [1.82, 2.24) is 15.2 Å². The number of oxime groups is 1. The molecule has 2 aromatic heterocycles. The van der Waals surface area contributed by atoms with Crippen molar-refractivity contribution >= 4 is 28.2 Å². The van der Waals surface area contributed by atoms with Crippen LogP contribution in [-0.4, -0.2) is 32.4 Å². The van der Waals surface area contributed by atoms with Crippen molar-refractivity contribution in [2.24, 2.45) is 22.9 Å². The van der Waals surface area contributed by atoms with Gasteiger partial charge in [-0.2, -0.15) is 5.10 Å². The minimum atomic E-state index is -0.917. The molecule has 3 heterocycles. The molecule has 2 fully saturated rings. The third kappa shape index (κ3) is 2.04. The number of rotatable bonds is 3. The molecule has 0 saturated heterocycles. The number of aromatic amines is 1. The van der Waals surface area contributed by atoms with Gasteiger partial charge < -0.3 is 10.2 Å². The summed E-state index contributed by atoms with van der Waals surface area (Å²) in [4.78, 5) is 23.7. The molecule has 2 saturated carbocycles. The first-order chi connectivity index (χ1) is 13.8. The van der Waals surface area contributed by atoms with Crippen LogP contribution in [0, 0.1) is 17.8 Å². The maximum Gasteiger partial charge on any atom is 0.272 e. The summed E-state index contributed by atoms with van der Waals surface area (Å²) in [6, 6.07) is 9.61. The first-order valence-corrected chi connectivity index (χ1v) is 9.67. The lowest BCUT2D eigenvalue weighted by Crippen LogP contribution is -2.53. The van der Waals surface area contributed by atoms with Crippen LogP contribution in [-0.2, 0) is 9.63 Å². The number of hydrogen-bond acceptors (Lipinski definition) is 5. The lowest BCUT2D eigenvalue weighted by Gasteiger charge is -2.35. The monoisotopic (exact) mass is 373 g/mol. The molecule has 7 nitrogen and oxygen atoms in total. The molecule has 4 atom stereocenters. The van der Waals surface area contributed by atoms with E-state index >= 15 is 0 Å². The van der Waals surface area contributed by atoms with E-state index in [1.807, 2.05) is 30.3 Å². The number of H-pyrrole nitrogens is 1. The maximum absolute atomic E-state index is 13.5. The van der Waals surface area contributed by atoms with Crippen LogP contribution in [0.5, 0.6) is 0 Å². The minimum absolute atomic E-state index is 0.0203. The van der Waals surface area contributed by atoms with Crippen molar-refractivity contribution in [2.45, 2.75) is 24.9 Å². The molecule has 4 unspecified atom stereocenters. The fourth-order valence-corrected chi connectivity index (χ4v) is 5.42. The second-order valence-corrected chi connectivity index (χ2v) is 7.98. The molecule has 1 aliphatic heterocycles. The van der Waals surface area contributed by atoms with Gasteiger partial charge in [-0.3, -0.25) is 14.9 Å². The molecule has 28 heavy (non-hydrogen) atoms. The summed E-state index contributed by atoms with van der Waals surface area (Å²) in [5.41, 5.74) is 2.57. The molecule has 1 amide bonds. The number of carbonyl (C=O) groups is 1. The highest BCUT2D eigenvalue weighted by atomic mass is 16.7. The summed E-state index contributed by atoms with van der Waals surface area (Å²) < 4.78 is 0. The quantitative estimate of drug-likeness (QED) is 0.738. The van der Waals surface area contributed by atoms with Gasteiger partial charge in [0.1, 0.15) is 0 Å². The number of anilines is 1. The lowest BCUT2D eigenvalue weighted by molar-refractivity contribution is -0.149. The van der Waals surface area contributed by atoms with Gasteiger partial charge in [0.25, 0.3) is 5.91 Å². The van der Waals surface area contributed by atoms with E-state index in [-0.39, 0.29) is 17.7 Å². The fraction of sp³-hybridized carbons (Fsp3) is 0.333. The van der Waals surface area contributed by atoms with Crippen molar-refractivity contribution in [2.75, 3.05) is 5.32 Å². The number of carbonyl (C=O) groups excluding carboxylic acids is 1. The molecule has 7 heteroatoms.